The minimum absolute atomic E-state index is 0.271. The van der Waals surface area contributed by atoms with Gasteiger partial charge in [0.15, 0.2) is 0 Å². The van der Waals surface area contributed by atoms with Gasteiger partial charge < -0.3 is 10.8 Å². The summed E-state index contributed by atoms with van der Waals surface area (Å²) in [4.78, 5) is 0. The third kappa shape index (κ3) is 3.07. The van der Waals surface area contributed by atoms with Gasteiger partial charge >= 0.3 is 0 Å². The molecular formula is C11H17NO. The Kier molecular flexibility index (Phi) is 2.62. The van der Waals surface area contributed by atoms with Crippen LogP contribution in [0.25, 0.3) is 0 Å². The standard InChI is InChI=1S/C11H17NO/c1-8-4-5-9(10(13)6-8)7-11(2,3)12/h4-6,13H,7,12H2,1-3H3. The fourth-order valence-electron chi connectivity index (χ4n) is 1.31. The fourth-order valence-corrected chi connectivity index (χ4v) is 1.31. The van der Waals surface area contributed by atoms with E-state index in [4.69, 9.17) is 5.73 Å². The summed E-state index contributed by atoms with van der Waals surface area (Å²) < 4.78 is 0. The lowest BCUT2D eigenvalue weighted by Gasteiger charge is -2.19. The highest BCUT2D eigenvalue weighted by atomic mass is 16.3. The summed E-state index contributed by atoms with van der Waals surface area (Å²) in [7, 11) is 0. The van der Waals surface area contributed by atoms with Crippen molar-refractivity contribution >= 4 is 0 Å². The van der Waals surface area contributed by atoms with Gasteiger partial charge in [-0.25, -0.2) is 0 Å². The van der Waals surface area contributed by atoms with E-state index in [1.165, 1.54) is 0 Å². The van der Waals surface area contributed by atoms with Crippen LogP contribution in [0.1, 0.15) is 25.0 Å². The molecule has 2 nitrogen and oxygen atoms in total. The molecule has 1 aromatic rings. The summed E-state index contributed by atoms with van der Waals surface area (Å²) in [6, 6.07) is 5.68. The molecule has 3 N–H and O–H groups in total. The van der Waals surface area contributed by atoms with Crippen LogP contribution in [0.4, 0.5) is 0 Å². The van der Waals surface area contributed by atoms with Gasteiger partial charge in [-0.05, 0) is 44.4 Å². The largest absolute Gasteiger partial charge is 0.508 e. The van der Waals surface area contributed by atoms with Crippen LogP contribution in [0.2, 0.25) is 0 Å². The first-order chi connectivity index (χ1) is 5.88. The minimum atomic E-state index is -0.271. The van der Waals surface area contributed by atoms with Crippen molar-refractivity contribution in [1.29, 1.82) is 0 Å². The molecular weight excluding hydrogens is 162 g/mol. The molecule has 0 aliphatic rings. The number of aryl methyl sites for hydroxylation is 1. The van der Waals surface area contributed by atoms with Crippen molar-refractivity contribution in [2.75, 3.05) is 0 Å². The number of hydrogen-bond donors (Lipinski definition) is 2. The van der Waals surface area contributed by atoms with Crippen molar-refractivity contribution in [2.24, 2.45) is 5.73 Å². The molecule has 72 valence electrons. The Morgan fingerprint density at radius 2 is 2.00 bits per heavy atom. The van der Waals surface area contributed by atoms with Gasteiger partial charge in [0.1, 0.15) is 5.75 Å². The average molecular weight is 179 g/mol. The quantitative estimate of drug-likeness (QED) is 0.729. The summed E-state index contributed by atoms with van der Waals surface area (Å²) in [6.45, 7) is 5.86. The molecule has 0 unspecified atom stereocenters. The summed E-state index contributed by atoms with van der Waals surface area (Å²) >= 11 is 0. The minimum Gasteiger partial charge on any atom is -0.508 e. The zero-order valence-corrected chi connectivity index (χ0v) is 8.46. The summed E-state index contributed by atoms with van der Waals surface area (Å²) in [5.74, 6) is 0.346. The molecule has 1 aromatic carbocycles. The van der Waals surface area contributed by atoms with Gasteiger partial charge in [-0.1, -0.05) is 12.1 Å². The van der Waals surface area contributed by atoms with Crippen LogP contribution in [-0.4, -0.2) is 10.6 Å². The average Bonchev–Trinajstić information content (AvgIpc) is 1.93. The molecule has 0 bridgehead atoms. The van der Waals surface area contributed by atoms with E-state index in [0.29, 0.717) is 12.2 Å². The third-order valence-corrected chi connectivity index (χ3v) is 1.89. The van der Waals surface area contributed by atoms with E-state index in [1.54, 1.807) is 6.07 Å². The first-order valence-electron chi connectivity index (χ1n) is 4.46. The number of aromatic hydroxyl groups is 1. The Morgan fingerprint density at radius 1 is 1.38 bits per heavy atom. The van der Waals surface area contributed by atoms with E-state index in [0.717, 1.165) is 11.1 Å². The Balaban J connectivity index is 2.90. The lowest BCUT2D eigenvalue weighted by Crippen LogP contribution is -2.34. The predicted octanol–water partition coefficient (Wildman–Crippen LogP) is 1.98. The maximum atomic E-state index is 9.60. The van der Waals surface area contributed by atoms with Crippen molar-refractivity contribution in [3.8, 4) is 5.75 Å². The van der Waals surface area contributed by atoms with Crippen molar-refractivity contribution in [2.45, 2.75) is 32.7 Å². The first-order valence-corrected chi connectivity index (χ1v) is 4.46. The number of rotatable bonds is 2. The highest BCUT2D eigenvalue weighted by Crippen LogP contribution is 2.21. The first kappa shape index (κ1) is 10.1. The molecule has 0 spiro atoms. The van der Waals surface area contributed by atoms with Crippen LogP contribution in [-0.2, 0) is 6.42 Å². The Bertz CT molecular complexity index is 299. The van der Waals surface area contributed by atoms with Gasteiger partial charge in [-0.15, -0.1) is 0 Å². The predicted molar refractivity (Wildman–Crippen MR) is 54.8 cm³/mol. The van der Waals surface area contributed by atoms with Gasteiger partial charge in [0.2, 0.25) is 0 Å². The van der Waals surface area contributed by atoms with Crippen LogP contribution in [0.15, 0.2) is 18.2 Å². The number of nitrogens with two attached hydrogens (primary N) is 1. The summed E-state index contributed by atoms with van der Waals surface area (Å²) in [5, 5.41) is 9.60. The maximum Gasteiger partial charge on any atom is 0.119 e. The monoisotopic (exact) mass is 179 g/mol. The van der Waals surface area contributed by atoms with Crippen molar-refractivity contribution in [3.05, 3.63) is 29.3 Å². The van der Waals surface area contributed by atoms with Gasteiger partial charge in [0, 0.05) is 5.54 Å². The number of phenolic OH excluding ortho intramolecular Hbond substituents is 1. The number of benzene rings is 1. The molecule has 1 rings (SSSR count). The van der Waals surface area contributed by atoms with Crippen molar-refractivity contribution in [1.82, 2.24) is 0 Å². The number of hydrogen-bond acceptors (Lipinski definition) is 2. The van der Waals surface area contributed by atoms with Gasteiger partial charge in [-0.2, -0.15) is 0 Å². The Hall–Kier alpha value is -1.02. The van der Waals surface area contributed by atoms with Crippen LogP contribution in [0.5, 0.6) is 5.75 Å². The van der Waals surface area contributed by atoms with Crippen LogP contribution >= 0.6 is 0 Å². The zero-order valence-electron chi connectivity index (χ0n) is 8.46. The highest BCUT2D eigenvalue weighted by molar-refractivity contribution is 5.36. The van der Waals surface area contributed by atoms with E-state index in [9.17, 15) is 5.11 Å². The summed E-state index contributed by atoms with van der Waals surface area (Å²) in [5.41, 5.74) is 7.57. The van der Waals surface area contributed by atoms with Crippen LogP contribution in [0.3, 0.4) is 0 Å². The van der Waals surface area contributed by atoms with Crippen LogP contribution < -0.4 is 5.73 Å². The molecule has 0 aliphatic carbocycles. The second-order valence-electron chi connectivity index (χ2n) is 4.30. The van der Waals surface area contributed by atoms with E-state index in [2.05, 4.69) is 0 Å². The SMILES string of the molecule is Cc1ccc(CC(C)(C)N)c(O)c1. The summed E-state index contributed by atoms with van der Waals surface area (Å²) in [6.07, 6.45) is 0.694. The molecule has 0 atom stereocenters. The van der Waals surface area contributed by atoms with Crippen molar-refractivity contribution < 1.29 is 5.11 Å². The molecule has 2 heteroatoms. The van der Waals surface area contributed by atoms with E-state index in [1.807, 2.05) is 32.9 Å². The lowest BCUT2D eigenvalue weighted by atomic mass is 9.95. The second kappa shape index (κ2) is 3.38. The smallest absolute Gasteiger partial charge is 0.119 e. The third-order valence-electron chi connectivity index (χ3n) is 1.89. The van der Waals surface area contributed by atoms with Gasteiger partial charge in [0.25, 0.3) is 0 Å². The van der Waals surface area contributed by atoms with Crippen LogP contribution in [0, 0.1) is 6.92 Å². The van der Waals surface area contributed by atoms with Gasteiger partial charge in [-0.3, -0.25) is 0 Å². The number of phenols is 1. The van der Waals surface area contributed by atoms with Crippen molar-refractivity contribution in [3.63, 3.8) is 0 Å². The molecule has 0 amide bonds. The molecule has 0 saturated carbocycles. The lowest BCUT2D eigenvalue weighted by molar-refractivity contribution is 0.449. The van der Waals surface area contributed by atoms with E-state index >= 15 is 0 Å². The maximum absolute atomic E-state index is 9.60. The van der Waals surface area contributed by atoms with E-state index < -0.39 is 0 Å². The topological polar surface area (TPSA) is 46.2 Å². The van der Waals surface area contributed by atoms with Gasteiger partial charge in [0.05, 0.1) is 0 Å². The zero-order chi connectivity index (χ0) is 10.1. The molecule has 0 heterocycles. The van der Waals surface area contributed by atoms with E-state index in [-0.39, 0.29) is 5.54 Å². The Labute approximate surface area is 79.4 Å². The molecule has 0 fully saturated rings. The normalized spacial score (nSPS) is 11.7. The highest BCUT2D eigenvalue weighted by Gasteiger charge is 2.13. The molecule has 13 heavy (non-hydrogen) atoms. The molecule has 0 aromatic heterocycles. The molecule has 0 aliphatic heterocycles. The molecule has 0 radical (unpaired) electrons. The molecule has 0 saturated heterocycles. The Morgan fingerprint density at radius 3 is 2.46 bits per heavy atom. The second-order valence-corrected chi connectivity index (χ2v) is 4.30. The fraction of sp³-hybridized carbons (Fsp3) is 0.455.